The normalized spacial score (nSPS) is 12.8. The third-order valence-electron chi connectivity index (χ3n) is 19.5. The van der Waals surface area contributed by atoms with E-state index in [0.717, 1.165) is 6.42 Å². The SMILES string of the molecule is Cc1c2cccc1-c1cc(-c3ccc4c(c3)c3ccc(-c5ccc6c(c5)c5cccc7c8cc(-c9cc%10c%11ccccc%11n%11c%12ccccc%12c(c9)c%10%11)ccc8n6c75)c5c6cc(-c7ccccc7)ccc6n4c35)ccc1Cc1ccccc1-2. The lowest BCUT2D eigenvalue weighted by Gasteiger charge is -2.22. The third-order valence-corrected chi connectivity index (χ3v) is 19.5. The van der Waals surface area contributed by atoms with E-state index in [1.165, 1.54) is 198 Å². The summed E-state index contributed by atoms with van der Waals surface area (Å²) in [6.45, 7) is 2.29. The summed E-state index contributed by atoms with van der Waals surface area (Å²) >= 11 is 0. The molecule has 0 aliphatic heterocycles. The summed E-state index contributed by atoms with van der Waals surface area (Å²) in [4.78, 5) is 0. The first-order valence-electron chi connectivity index (χ1n) is 29.1. The molecular formula is C80H47N3. The number of para-hydroxylation sites is 3. The lowest BCUT2D eigenvalue weighted by atomic mass is 9.82. The van der Waals surface area contributed by atoms with Crippen LogP contribution in [0.5, 0.6) is 0 Å². The summed E-state index contributed by atoms with van der Waals surface area (Å²) < 4.78 is 7.54. The van der Waals surface area contributed by atoms with E-state index < -0.39 is 0 Å². The molecule has 0 fully saturated rings. The van der Waals surface area contributed by atoms with Crippen LogP contribution >= 0.6 is 0 Å². The van der Waals surface area contributed by atoms with Gasteiger partial charge in [0.15, 0.2) is 0 Å². The molecule has 83 heavy (non-hydrogen) atoms. The topological polar surface area (TPSA) is 13.2 Å². The smallest absolute Gasteiger partial charge is 0.0626 e. The van der Waals surface area contributed by atoms with Crippen LogP contribution in [0.25, 0.3) is 181 Å². The predicted octanol–water partition coefficient (Wildman–Crippen LogP) is 21.4. The van der Waals surface area contributed by atoms with Crippen LogP contribution in [0.1, 0.15) is 16.7 Å². The van der Waals surface area contributed by atoms with Gasteiger partial charge >= 0.3 is 0 Å². The van der Waals surface area contributed by atoms with E-state index in [2.05, 4.69) is 275 Å². The molecule has 0 atom stereocenters. The molecule has 20 rings (SSSR count). The third kappa shape index (κ3) is 5.73. The minimum atomic E-state index is 0.908. The van der Waals surface area contributed by atoms with Crippen LogP contribution in [0.2, 0.25) is 0 Å². The minimum Gasteiger partial charge on any atom is -0.308 e. The Bertz CT molecular complexity index is 5940. The van der Waals surface area contributed by atoms with Crippen molar-refractivity contribution in [1.29, 1.82) is 0 Å². The number of hydrogen-bond donors (Lipinski definition) is 0. The molecule has 3 nitrogen and oxygen atoms in total. The molecule has 0 radical (unpaired) electrons. The molecule has 6 heterocycles. The molecule has 13 aromatic carbocycles. The van der Waals surface area contributed by atoms with Gasteiger partial charge in [-0.2, -0.15) is 0 Å². The highest BCUT2D eigenvalue weighted by molar-refractivity contribution is 6.30. The highest BCUT2D eigenvalue weighted by Crippen LogP contribution is 2.49. The first-order valence-corrected chi connectivity index (χ1v) is 29.1. The molecule has 0 amide bonds. The average Bonchev–Trinajstić information content (AvgIpc) is 2.70. The summed E-state index contributed by atoms with van der Waals surface area (Å²) in [5.74, 6) is 0. The molecule has 1 aliphatic rings. The van der Waals surface area contributed by atoms with Crippen molar-refractivity contribution in [3.63, 3.8) is 0 Å². The lowest BCUT2D eigenvalue weighted by Crippen LogP contribution is -2.01. The fraction of sp³-hybridized carbons (Fsp3) is 0.0250. The Hall–Kier alpha value is -10.7. The Kier molecular flexibility index (Phi) is 8.38. The molecule has 2 bridgehead atoms. The molecule has 3 heteroatoms. The molecule has 19 aromatic rings. The number of nitrogens with zero attached hydrogens (tertiary/aromatic N) is 3. The maximum Gasteiger partial charge on any atom is 0.0626 e. The van der Waals surface area contributed by atoms with Gasteiger partial charge in [-0.3, -0.25) is 0 Å². The molecule has 0 spiro atoms. The quantitative estimate of drug-likeness (QED) is 0.167. The van der Waals surface area contributed by atoms with Crippen LogP contribution in [0.3, 0.4) is 0 Å². The highest BCUT2D eigenvalue weighted by atomic mass is 14.9. The van der Waals surface area contributed by atoms with Crippen molar-refractivity contribution in [3.8, 4) is 66.8 Å². The largest absolute Gasteiger partial charge is 0.308 e. The number of aromatic nitrogens is 3. The zero-order chi connectivity index (χ0) is 53.9. The van der Waals surface area contributed by atoms with Gasteiger partial charge in [0.2, 0.25) is 0 Å². The monoisotopic (exact) mass is 1050 g/mol. The summed E-state index contributed by atoms with van der Waals surface area (Å²) in [5.41, 5.74) is 30.6. The van der Waals surface area contributed by atoms with E-state index in [0.29, 0.717) is 0 Å². The summed E-state index contributed by atoms with van der Waals surface area (Å²) in [7, 11) is 0. The standard InChI is InChI=1S/C80H47N3/c1-45-55-19-11-20-56(45)64-38-48(25-26-52(64)37-51-15-5-6-16-57(51)55)49-28-33-75-66(39-49)63-32-31-58(77-70-41-47(46-13-3-2-4-14-46)27-35-76(70)83(75)80(63)77)53-30-36-74-67(42-53)62-22-12-21-61-65-40-50(29-34-73(65)82(74)78(61)62)54-43-68-59-17-7-9-23-71(59)81-72-24-10-8-18-60(72)69(44-54)79(68)81/h2-36,38-44H,37H2,1H3. The zero-order valence-electron chi connectivity index (χ0n) is 45.3. The molecule has 1 aliphatic carbocycles. The van der Waals surface area contributed by atoms with Gasteiger partial charge < -0.3 is 13.2 Å². The van der Waals surface area contributed by atoms with Gasteiger partial charge in [-0.25, -0.2) is 0 Å². The summed E-state index contributed by atoms with van der Waals surface area (Å²) in [6, 6.07) is 96.8. The Morgan fingerprint density at radius 2 is 0.663 bits per heavy atom. The van der Waals surface area contributed by atoms with E-state index in [-0.39, 0.29) is 0 Å². The van der Waals surface area contributed by atoms with Crippen molar-refractivity contribution in [2.75, 3.05) is 0 Å². The van der Waals surface area contributed by atoms with Crippen molar-refractivity contribution in [2.45, 2.75) is 13.3 Å². The Balaban J connectivity index is 0.756. The molecule has 0 saturated carbocycles. The number of fused-ring (bicyclic) bond motifs is 24. The van der Waals surface area contributed by atoms with Gasteiger partial charge in [-0.05, 0) is 176 Å². The maximum atomic E-state index is 2.55. The second-order valence-corrected chi connectivity index (χ2v) is 23.5. The number of hydrogen-bond acceptors (Lipinski definition) is 0. The van der Waals surface area contributed by atoms with Gasteiger partial charge in [0, 0.05) is 64.6 Å². The van der Waals surface area contributed by atoms with Crippen molar-refractivity contribution in [1.82, 2.24) is 13.2 Å². The van der Waals surface area contributed by atoms with Gasteiger partial charge in [0.05, 0.1) is 49.7 Å². The Morgan fingerprint density at radius 3 is 1.36 bits per heavy atom. The van der Waals surface area contributed by atoms with Gasteiger partial charge in [-0.15, -0.1) is 0 Å². The minimum absolute atomic E-state index is 0.908. The van der Waals surface area contributed by atoms with E-state index in [1.807, 2.05) is 0 Å². The van der Waals surface area contributed by atoms with Crippen LogP contribution < -0.4 is 0 Å². The number of rotatable bonds is 4. The maximum absolute atomic E-state index is 2.55. The first-order chi connectivity index (χ1) is 41.1. The van der Waals surface area contributed by atoms with Crippen LogP contribution in [0.15, 0.2) is 255 Å². The second kappa shape index (κ2) is 15.8. The molecule has 0 N–H and O–H groups in total. The molecule has 0 saturated heterocycles. The number of benzene rings is 13. The Morgan fingerprint density at radius 1 is 0.229 bits per heavy atom. The first kappa shape index (κ1) is 44.1. The van der Waals surface area contributed by atoms with Crippen molar-refractivity contribution < 1.29 is 0 Å². The fourth-order valence-electron chi connectivity index (χ4n) is 15.8. The van der Waals surface area contributed by atoms with Crippen molar-refractivity contribution >= 4 is 114 Å². The highest BCUT2D eigenvalue weighted by Gasteiger charge is 2.26. The van der Waals surface area contributed by atoms with Crippen LogP contribution in [0.4, 0.5) is 0 Å². The lowest BCUT2D eigenvalue weighted by molar-refractivity contribution is 1.18. The van der Waals surface area contributed by atoms with E-state index >= 15 is 0 Å². The average molecular weight is 1050 g/mol. The summed E-state index contributed by atoms with van der Waals surface area (Å²) in [6.07, 6.45) is 0.908. The summed E-state index contributed by atoms with van der Waals surface area (Å²) in [5, 5.41) is 15.4. The molecular weight excluding hydrogens is 1000 g/mol. The van der Waals surface area contributed by atoms with Crippen LogP contribution in [-0.2, 0) is 6.42 Å². The van der Waals surface area contributed by atoms with Crippen LogP contribution in [0, 0.1) is 6.92 Å². The van der Waals surface area contributed by atoms with Gasteiger partial charge in [0.1, 0.15) is 0 Å². The zero-order valence-corrected chi connectivity index (χ0v) is 45.3. The Labute approximate surface area is 476 Å². The molecule has 382 valence electrons. The van der Waals surface area contributed by atoms with E-state index in [9.17, 15) is 0 Å². The van der Waals surface area contributed by atoms with E-state index in [4.69, 9.17) is 0 Å². The van der Waals surface area contributed by atoms with Gasteiger partial charge in [0.25, 0.3) is 0 Å². The predicted molar refractivity (Wildman–Crippen MR) is 351 cm³/mol. The van der Waals surface area contributed by atoms with Crippen molar-refractivity contribution in [3.05, 3.63) is 271 Å². The van der Waals surface area contributed by atoms with E-state index in [1.54, 1.807) is 0 Å². The van der Waals surface area contributed by atoms with Crippen molar-refractivity contribution in [2.24, 2.45) is 0 Å². The second-order valence-electron chi connectivity index (χ2n) is 23.5. The fourth-order valence-corrected chi connectivity index (χ4v) is 15.8. The molecule has 0 unspecified atom stereocenters. The van der Waals surface area contributed by atoms with Crippen LogP contribution in [-0.4, -0.2) is 13.2 Å². The molecule has 6 aromatic heterocycles. The van der Waals surface area contributed by atoms with Gasteiger partial charge in [-0.1, -0.05) is 176 Å².